The molecule has 106 valence electrons. The van der Waals surface area contributed by atoms with Gasteiger partial charge in [0.25, 0.3) is 0 Å². The van der Waals surface area contributed by atoms with Gasteiger partial charge in [-0.2, -0.15) is 0 Å². The molecule has 2 N–H and O–H groups in total. The van der Waals surface area contributed by atoms with Crippen molar-refractivity contribution < 1.29 is 9.94 Å². The molecule has 0 atom stereocenters. The fraction of sp³-hybridized carbons (Fsp3) is 0.333. The first-order valence-corrected chi connectivity index (χ1v) is 6.65. The van der Waals surface area contributed by atoms with Crippen LogP contribution in [0.2, 0.25) is 0 Å². The summed E-state index contributed by atoms with van der Waals surface area (Å²) in [5.41, 5.74) is 3.40. The van der Waals surface area contributed by atoms with Crippen LogP contribution in [-0.4, -0.2) is 28.0 Å². The highest BCUT2D eigenvalue weighted by Crippen LogP contribution is 2.17. The van der Waals surface area contributed by atoms with Crippen LogP contribution in [0.15, 0.2) is 35.9 Å². The number of hydrogen-bond acceptors (Lipinski definition) is 4. The van der Waals surface area contributed by atoms with E-state index in [1.165, 1.54) is 6.21 Å². The maximum atomic E-state index is 8.43. The van der Waals surface area contributed by atoms with Crippen molar-refractivity contribution in [3.63, 3.8) is 0 Å². The quantitative estimate of drug-likeness (QED) is 0.353. The van der Waals surface area contributed by atoms with Crippen LogP contribution in [-0.2, 0) is 12.8 Å². The van der Waals surface area contributed by atoms with Crippen LogP contribution in [0, 0.1) is 6.92 Å². The Labute approximate surface area is 118 Å². The number of imidazole rings is 1. The molecule has 1 aromatic heterocycles. The molecule has 0 aliphatic heterocycles. The Kier molecular flexibility index (Phi) is 5.17. The molecule has 5 nitrogen and oxygen atoms in total. The molecule has 1 heterocycles. The van der Waals surface area contributed by atoms with Crippen molar-refractivity contribution in [1.29, 1.82) is 0 Å². The Morgan fingerprint density at radius 1 is 1.45 bits per heavy atom. The Bertz CT molecular complexity index is 550. The van der Waals surface area contributed by atoms with E-state index in [1.54, 1.807) is 6.33 Å². The van der Waals surface area contributed by atoms with Crippen LogP contribution < -0.4 is 4.74 Å². The third-order valence-electron chi connectivity index (χ3n) is 3.12. The molecular formula is C15H19N3O2. The van der Waals surface area contributed by atoms with Gasteiger partial charge in [0.15, 0.2) is 0 Å². The average Bonchev–Trinajstić information content (AvgIpc) is 2.96. The van der Waals surface area contributed by atoms with Crippen molar-refractivity contribution in [3.8, 4) is 5.75 Å². The smallest absolute Gasteiger partial charge is 0.119 e. The van der Waals surface area contributed by atoms with Crippen LogP contribution in [0.3, 0.4) is 0 Å². The van der Waals surface area contributed by atoms with Crippen molar-refractivity contribution >= 4 is 6.21 Å². The van der Waals surface area contributed by atoms with Crippen molar-refractivity contribution in [2.75, 3.05) is 6.61 Å². The minimum Gasteiger partial charge on any atom is -0.494 e. The van der Waals surface area contributed by atoms with Gasteiger partial charge >= 0.3 is 0 Å². The Hall–Kier alpha value is -2.30. The Morgan fingerprint density at radius 3 is 3.05 bits per heavy atom. The molecular weight excluding hydrogens is 254 g/mol. The number of aryl methyl sites for hydroxylation is 2. The van der Waals surface area contributed by atoms with E-state index in [2.05, 4.69) is 15.1 Å². The second kappa shape index (κ2) is 7.33. The zero-order valence-electron chi connectivity index (χ0n) is 11.5. The molecule has 0 aliphatic rings. The molecule has 0 fully saturated rings. The first-order valence-electron chi connectivity index (χ1n) is 6.65. The summed E-state index contributed by atoms with van der Waals surface area (Å²) in [5, 5.41) is 11.4. The lowest BCUT2D eigenvalue weighted by Gasteiger charge is -2.09. The molecule has 0 amide bonds. The van der Waals surface area contributed by atoms with Crippen LogP contribution in [0.4, 0.5) is 0 Å². The molecule has 0 spiro atoms. The number of hydrogen-bond donors (Lipinski definition) is 2. The number of H-pyrrole nitrogens is 1. The number of aromatic nitrogens is 2. The van der Waals surface area contributed by atoms with E-state index < -0.39 is 0 Å². The maximum absolute atomic E-state index is 8.43. The lowest BCUT2D eigenvalue weighted by Crippen LogP contribution is -2.00. The van der Waals surface area contributed by atoms with Crippen molar-refractivity contribution in [2.45, 2.75) is 26.2 Å². The molecule has 0 aliphatic carbocycles. The number of nitrogens with one attached hydrogen (secondary N) is 1. The van der Waals surface area contributed by atoms with Gasteiger partial charge < -0.3 is 14.9 Å². The summed E-state index contributed by atoms with van der Waals surface area (Å²) >= 11 is 0. The number of aromatic amines is 1. The van der Waals surface area contributed by atoms with Gasteiger partial charge in [-0.15, -0.1) is 5.16 Å². The molecule has 0 bridgehead atoms. The van der Waals surface area contributed by atoms with E-state index >= 15 is 0 Å². The highest BCUT2D eigenvalue weighted by molar-refractivity contribution is 5.61. The maximum Gasteiger partial charge on any atom is 0.119 e. The van der Waals surface area contributed by atoms with Crippen LogP contribution in [0.5, 0.6) is 5.75 Å². The molecule has 5 heteroatoms. The summed E-state index contributed by atoms with van der Waals surface area (Å²) in [5.74, 6) is 0.872. The summed E-state index contributed by atoms with van der Waals surface area (Å²) in [7, 11) is 0. The molecule has 20 heavy (non-hydrogen) atoms. The van der Waals surface area contributed by atoms with E-state index in [9.17, 15) is 0 Å². The summed E-state index contributed by atoms with van der Waals surface area (Å²) in [6.45, 7) is 2.70. The number of nitrogens with zero attached hydrogens (tertiary/aromatic N) is 2. The normalized spacial score (nSPS) is 11.1. The van der Waals surface area contributed by atoms with Crippen LogP contribution in [0.1, 0.15) is 23.2 Å². The van der Waals surface area contributed by atoms with Crippen LogP contribution in [0.25, 0.3) is 0 Å². The molecule has 0 saturated carbocycles. The molecule has 0 radical (unpaired) electrons. The highest BCUT2D eigenvalue weighted by Gasteiger charge is 2.01. The molecule has 1 aromatic carbocycles. The van der Waals surface area contributed by atoms with Gasteiger partial charge in [-0.25, -0.2) is 4.98 Å². The van der Waals surface area contributed by atoms with E-state index in [4.69, 9.17) is 9.94 Å². The summed E-state index contributed by atoms with van der Waals surface area (Å²) in [6, 6.07) is 5.96. The molecule has 2 aromatic rings. The third kappa shape index (κ3) is 4.12. The Morgan fingerprint density at radius 2 is 2.35 bits per heavy atom. The second-order valence-corrected chi connectivity index (χ2v) is 4.62. The zero-order chi connectivity index (χ0) is 14.2. The third-order valence-corrected chi connectivity index (χ3v) is 3.12. The SMILES string of the molecule is Cc1cc(OCCCc2cnc[nH]2)ccc1CC=NO. The first kappa shape index (κ1) is 14.1. The van der Waals surface area contributed by atoms with E-state index in [0.717, 1.165) is 35.4 Å². The van der Waals surface area contributed by atoms with Gasteiger partial charge in [0, 0.05) is 24.5 Å². The largest absolute Gasteiger partial charge is 0.494 e. The fourth-order valence-electron chi connectivity index (χ4n) is 2.00. The number of benzene rings is 1. The minimum atomic E-state index is 0.627. The number of ether oxygens (including phenoxy) is 1. The summed E-state index contributed by atoms with van der Waals surface area (Å²) < 4.78 is 5.73. The lowest BCUT2D eigenvalue weighted by atomic mass is 10.1. The second-order valence-electron chi connectivity index (χ2n) is 4.62. The minimum absolute atomic E-state index is 0.627. The van der Waals surface area contributed by atoms with Gasteiger partial charge in [-0.05, 0) is 43.0 Å². The van der Waals surface area contributed by atoms with Crippen LogP contribution >= 0.6 is 0 Å². The molecule has 0 unspecified atom stereocenters. The first-order chi connectivity index (χ1) is 9.79. The van der Waals surface area contributed by atoms with Crippen molar-refractivity contribution in [1.82, 2.24) is 9.97 Å². The predicted molar refractivity (Wildman–Crippen MR) is 77.6 cm³/mol. The Balaban J connectivity index is 1.79. The van der Waals surface area contributed by atoms with E-state index in [-0.39, 0.29) is 0 Å². The van der Waals surface area contributed by atoms with E-state index in [0.29, 0.717) is 13.0 Å². The van der Waals surface area contributed by atoms with Gasteiger partial charge in [0.1, 0.15) is 5.75 Å². The molecule has 0 saturated heterocycles. The lowest BCUT2D eigenvalue weighted by molar-refractivity contribution is 0.310. The van der Waals surface area contributed by atoms with Crippen molar-refractivity contribution in [3.05, 3.63) is 47.5 Å². The zero-order valence-corrected chi connectivity index (χ0v) is 11.5. The topological polar surface area (TPSA) is 70.5 Å². The summed E-state index contributed by atoms with van der Waals surface area (Å²) in [6.07, 6.45) is 7.51. The monoisotopic (exact) mass is 273 g/mol. The average molecular weight is 273 g/mol. The van der Waals surface area contributed by atoms with Gasteiger partial charge in [-0.3, -0.25) is 0 Å². The number of rotatable bonds is 7. The molecule has 2 rings (SSSR count). The van der Waals surface area contributed by atoms with Gasteiger partial charge in [0.05, 0.1) is 12.9 Å². The van der Waals surface area contributed by atoms with Gasteiger partial charge in [0.2, 0.25) is 0 Å². The highest BCUT2D eigenvalue weighted by atomic mass is 16.5. The standard InChI is InChI=1S/C15H19N3O2/c1-12-9-15(5-4-13(12)6-7-18-19)20-8-2-3-14-10-16-11-17-14/h4-5,7,9-11,19H,2-3,6,8H2,1H3,(H,16,17). The number of oxime groups is 1. The van der Waals surface area contributed by atoms with Crippen molar-refractivity contribution in [2.24, 2.45) is 5.16 Å². The fourth-order valence-corrected chi connectivity index (χ4v) is 2.00. The predicted octanol–water partition coefficient (Wildman–Crippen LogP) is 2.73. The van der Waals surface area contributed by atoms with Gasteiger partial charge in [-0.1, -0.05) is 6.07 Å². The summed E-state index contributed by atoms with van der Waals surface area (Å²) in [4.78, 5) is 7.05. The van der Waals surface area contributed by atoms with E-state index in [1.807, 2.05) is 31.3 Å².